The Morgan fingerprint density at radius 2 is 1.92 bits per heavy atom. The van der Waals surface area contributed by atoms with Crippen molar-refractivity contribution in [1.82, 2.24) is 14.8 Å². The standard InChI is InChI=1S/C40H44N4O7S/c1-20-9-11-25(33(46)34(20)48-6)31-32-38-30-29(37-36(49-19-50-37)21(2)35(30)51-22(3)45)28(43(32)18-42(31)4)15-44-13-7-8-24-26-14-23(47-5)10-12-27(26)41-39(24)40(44,16-44)17-52-38/h9-12,14,28,31-32,38,41H,7-8,13,15-19H2,1-6H3/p+1/t28?,31?,32?,38?,40-,44?/m0/s1. The van der Waals surface area contributed by atoms with Crippen molar-refractivity contribution in [2.75, 3.05) is 60.1 Å². The van der Waals surface area contributed by atoms with E-state index in [1.54, 1.807) is 14.2 Å². The molecule has 11 nitrogen and oxygen atoms in total. The van der Waals surface area contributed by atoms with Gasteiger partial charge >= 0.3 is 5.97 Å². The van der Waals surface area contributed by atoms with Crippen LogP contribution >= 0.6 is 11.8 Å². The van der Waals surface area contributed by atoms with Crippen molar-refractivity contribution in [3.63, 3.8) is 0 Å². The number of quaternary nitrogens is 1. The smallest absolute Gasteiger partial charge is 0.308 e. The molecule has 272 valence electrons. The van der Waals surface area contributed by atoms with Crippen molar-refractivity contribution in [2.24, 2.45) is 0 Å². The number of fused-ring (bicyclic) bond motifs is 7. The zero-order valence-electron chi connectivity index (χ0n) is 30.5. The number of H-pyrrole nitrogens is 1. The average molecular weight is 726 g/mol. The third-order valence-electron chi connectivity index (χ3n) is 13.1. The van der Waals surface area contributed by atoms with Crippen LogP contribution in [0.3, 0.4) is 0 Å². The summed E-state index contributed by atoms with van der Waals surface area (Å²) in [4.78, 5) is 21.8. The van der Waals surface area contributed by atoms with E-state index in [0.29, 0.717) is 23.9 Å². The molecule has 2 fully saturated rings. The number of rotatable bonds is 4. The Morgan fingerprint density at radius 1 is 1.10 bits per heavy atom. The minimum atomic E-state index is -0.359. The number of phenolic OH excluding ortho intramolecular Hbond substituents is 1. The maximum absolute atomic E-state index is 12.9. The minimum Gasteiger partial charge on any atom is -0.504 e. The number of nitrogens with zero attached hydrogens (tertiary/aromatic N) is 3. The maximum atomic E-state index is 12.9. The van der Waals surface area contributed by atoms with Crippen LogP contribution in [0.5, 0.6) is 34.5 Å². The van der Waals surface area contributed by atoms with E-state index in [0.717, 1.165) is 87.5 Å². The first-order chi connectivity index (χ1) is 25.1. The second-order valence-corrected chi connectivity index (χ2v) is 16.8. The molecule has 2 saturated heterocycles. The highest BCUT2D eigenvalue weighted by Crippen LogP contribution is 2.68. The number of carbonyl (C=O) groups excluding carboxylic acids is 1. The predicted octanol–water partition coefficient (Wildman–Crippen LogP) is 5.99. The molecule has 52 heavy (non-hydrogen) atoms. The molecule has 10 rings (SSSR count). The molecule has 6 atom stereocenters. The van der Waals surface area contributed by atoms with Gasteiger partial charge in [-0.2, -0.15) is 0 Å². The van der Waals surface area contributed by atoms with Crippen molar-refractivity contribution in [1.29, 1.82) is 0 Å². The van der Waals surface area contributed by atoms with Crippen molar-refractivity contribution in [3.8, 4) is 34.5 Å². The Morgan fingerprint density at radius 3 is 2.71 bits per heavy atom. The monoisotopic (exact) mass is 725 g/mol. The second-order valence-electron chi connectivity index (χ2n) is 15.6. The Balaban J connectivity index is 1.21. The molecule has 3 aromatic carbocycles. The first-order valence-corrected chi connectivity index (χ1v) is 19.3. The molecule has 0 aliphatic carbocycles. The Kier molecular flexibility index (Phi) is 7.01. The lowest BCUT2D eigenvalue weighted by molar-refractivity contribution is -0.835. The quantitative estimate of drug-likeness (QED) is 0.113. The van der Waals surface area contributed by atoms with Gasteiger partial charge < -0.3 is 38.3 Å². The van der Waals surface area contributed by atoms with Crippen LogP contribution in [-0.2, 0) is 16.8 Å². The third kappa shape index (κ3) is 4.17. The summed E-state index contributed by atoms with van der Waals surface area (Å²) in [5.74, 6) is 4.13. The summed E-state index contributed by atoms with van der Waals surface area (Å²) >= 11 is 1.96. The fourth-order valence-electron chi connectivity index (χ4n) is 10.8. The molecule has 0 radical (unpaired) electrons. The largest absolute Gasteiger partial charge is 0.504 e. The molecule has 5 unspecified atom stereocenters. The number of aromatic nitrogens is 1. The van der Waals surface area contributed by atoms with Gasteiger partial charge in [0.05, 0.1) is 62.8 Å². The number of aryl methyl sites for hydroxylation is 2. The molecule has 0 spiro atoms. The molecule has 2 N–H and O–H groups in total. The number of carbonyl (C=O) groups is 1. The van der Waals surface area contributed by atoms with Gasteiger partial charge in [0.1, 0.15) is 18.0 Å². The van der Waals surface area contributed by atoms with E-state index in [2.05, 4.69) is 40.0 Å². The van der Waals surface area contributed by atoms with Crippen LogP contribution in [0.4, 0.5) is 0 Å². The summed E-state index contributed by atoms with van der Waals surface area (Å²) in [6, 6.07) is 10.2. The van der Waals surface area contributed by atoms with Gasteiger partial charge in [-0.05, 0) is 56.6 Å². The van der Waals surface area contributed by atoms with E-state index in [1.165, 1.54) is 23.6 Å². The average Bonchev–Trinajstić information content (AvgIpc) is 3.47. The Hall–Kier alpha value is -4.10. The van der Waals surface area contributed by atoms with Gasteiger partial charge in [0.15, 0.2) is 28.5 Å². The number of methoxy groups -OCH3 is 2. The highest BCUT2D eigenvalue weighted by atomic mass is 32.2. The number of hydrogen-bond donors (Lipinski definition) is 2. The van der Waals surface area contributed by atoms with E-state index >= 15 is 0 Å². The van der Waals surface area contributed by atoms with Crippen LogP contribution in [0.15, 0.2) is 30.3 Å². The van der Waals surface area contributed by atoms with Crippen LogP contribution in [-0.4, -0.2) is 96.5 Å². The predicted molar refractivity (Wildman–Crippen MR) is 197 cm³/mol. The van der Waals surface area contributed by atoms with E-state index in [4.69, 9.17) is 23.7 Å². The molecule has 4 aromatic rings. The van der Waals surface area contributed by atoms with Gasteiger partial charge in [0.25, 0.3) is 0 Å². The number of thioether (sulfide) groups is 1. The van der Waals surface area contributed by atoms with Gasteiger partial charge in [-0.1, -0.05) is 12.1 Å². The lowest BCUT2D eigenvalue weighted by Crippen LogP contribution is -2.49. The highest BCUT2D eigenvalue weighted by Gasteiger charge is 2.74. The summed E-state index contributed by atoms with van der Waals surface area (Å²) < 4.78 is 31.2. The Labute approximate surface area is 307 Å². The van der Waals surface area contributed by atoms with Crippen LogP contribution in [0.1, 0.15) is 69.8 Å². The van der Waals surface area contributed by atoms with E-state index in [1.807, 2.05) is 37.7 Å². The van der Waals surface area contributed by atoms with E-state index in [-0.39, 0.29) is 47.4 Å². The molecular formula is C40H45N4O7S+. The second kappa shape index (κ2) is 11.2. The van der Waals surface area contributed by atoms with Gasteiger partial charge in [0, 0.05) is 52.5 Å². The van der Waals surface area contributed by atoms with Crippen LogP contribution in [0, 0.1) is 13.8 Å². The van der Waals surface area contributed by atoms with Crippen molar-refractivity contribution >= 4 is 28.6 Å². The lowest BCUT2D eigenvalue weighted by atomic mass is 9.81. The van der Waals surface area contributed by atoms with Crippen molar-refractivity contribution < 1.29 is 38.1 Å². The molecule has 12 heteroatoms. The number of ether oxygens (including phenoxy) is 5. The number of aromatic amines is 1. The lowest BCUT2D eigenvalue weighted by Gasteiger charge is -2.45. The summed E-state index contributed by atoms with van der Waals surface area (Å²) in [6.45, 7) is 9.24. The molecule has 0 saturated carbocycles. The molecule has 7 heterocycles. The summed E-state index contributed by atoms with van der Waals surface area (Å²) in [7, 11) is 5.50. The maximum Gasteiger partial charge on any atom is 0.308 e. The number of likely N-dealkylation sites (N-methyl/N-ethyl adjacent to an activating group) is 1. The third-order valence-corrected chi connectivity index (χ3v) is 14.6. The van der Waals surface area contributed by atoms with Gasteiger partial charge in [0.2, 0.25) is 6.79 Å². The first kappa shape index (κ1) is 32.5. The first-order valence-electron chi connectivity index (χ1n) is 18.2. The van der Waals surface area contributed by atoms with Crippen LogP contribution in [0.25, 0.3) is 10.9 Å². The topological polar surface area (TPSA) is 106 Å². The van der Waals surface area contributed by atoms with Crippen molar-refractivity contribution in [3.05, 3.63) is 69.4 Å². The number of phenols is 1. The van der Waals surface area contributed by atoms with Gasteiger partial charge in [-0.15, -0.1) is 11.8 Å². The number of nitrogens with one attached hydrogen (secondary N) is 1. The summed E-state index contributed by atoms with van der Waals surface area (Å²) in [5.41, 5.74) is 8.47. The Bertz CT molecular complexity index is 2200. The van der Waals surface area contributed by atoms with Crippen LogP contribution in [0.2, 0.25) is 0 Å². The highest BCUT2D eigenvalue weighted by molar-refractivity contribution is 7.99. The van der Waals surface area contributed by atoms with Crippen molar-refractivity contribution in [2.45, 2.75) is 62.5 Å². The molecule has 6 aliphatic rings. The molecule has 1 aromatic heterocycles. The molecule has 6 aliphatic heterocycles. The number of hydrogen-bond acceptors (Lipinski definition) is 10. The fourth-order valence-corrected chi connectivity index (χ4v) is 12.7. The van der Waals surface area contributed by atoms with Gasteiger partial charge in [-0.25, -0.2) is 0 Å². The fraction of sp³-hybridized carbons (Fsp3) is 0.475. The zero-order valence-corrected chi connectivity index (χ0v) is 31.3. The minimum absolute atomic E-state index is 0.0509. The molecule has 0 amide bonds. The number of benzene rings is 3. The number of esters is 1. The van der Waals surface area contributed by atoms with E-state index in [9.17, 15) is 9.90 Å². The number of aromatic hydroxyl groups is 1. The molecular weight excluding hydrogens is 681 g/mol. The summed E-state index contributed by atoms with van der Waals surface area (Å²) in [6.07, 6.45) is 2.10. The van der Waals surface area contributed by atoms with Gasteiger partial charge in [-0.3, -0.25) is 14.6 Å². The normalized spacial score (nSPS) is 29.9. The zero-order chi connectivity index (χ0) is 35.8. The molecule has 2 bridgehead atoms. The SMILES string of the molecule is COc1ccc2[nH]c3c(c2c1)CCC[N+]12CC4c5c6c(c(C)c(OC(C)=O)c5C(SC[C@@]31C2)C1C(c2ccc(C)c(OC)c2O)N(C)CN41)OCO6. The van der Waals surface area contributed by atoms with E-state index < -0.39 is 0 Å². The summed E-state index contributed by atoms with van der Waals surface area (Å²) in [5, 5.41) is 12.9. The van der Waals surface area contributed by atoms with Crippen LogP contribution < -0.4 is 23.7 Å².